The van der Waals surface area contributed by atoms with Gasteiger partial charge in [0, 0.05) is 7.05 Å². The van der Waals surface area contributed by atoms with Crippen LogP contribution in [-0.4, -0.2) is 71.1 Å². The van der Waals surface area contributed by atoms with Gasteiger partial charge in [-0.2, -0.15) is 0 Å². The van der Waals surface area contributed by atoms with E-state index < -0.39 is 12.2 Å². The first-order valence-corrected chi connectivity index (χ1v) is 6.05. The third kappa shape index (κ3) is 5.63. The number of alkyl carbamates (subject to hydrolysis) is 1. The lowest BCUT2D eigenvalue weighted by Crippen LogP contribution is -2.33. The van der Waals surface area contributed by atoms with Crippen LogP contribution in [0.15, 0.2) is 0 Å². The van der Waals surface area contributed by atoms with Crippen LogP contribution in [0, 0.1) is 0 Å². The molecule has 2 fully saturated rings. The van der Waals surface area contributed by atoms with Gasteiger partial charge < -0.3 is 29.0 Å². The zero-order chi connectivity index (χ0) is 12.8. The molecule has 2 atom stereocenters. The second kappa shape index (κ2) is 6.89. The number of ether oxygens (including phenoxy) is 5. The first-order valence-electron chi connectivity index (χ1n) is 6.05. The summed E-state index contributed by atoms with van der Waals surface area (Å²) < 4.78 is 26.0. The number of hydrogen-bond acceptors (Lipinski definition) is 6. The Morgan fingerprint density at radius 1 is 1.22 bits per heavy atom. The smallest absolute Gasteiger partial charge is 0.407 e. The Morgan fingerprint density at radius 3 is 2.11 bits per heavy atom. The van der Waals surface area contributed by atoms with E-state index >= 15 is 0 Å². The van der Waals surface area contributed by atoms with Crippen LogP contribution in [0.1, 0.15) is 0 Å². The molecule has 1 N–H and O–H groups in total. The predicted octanol–water partition coefficient (Wildman–Crippen LogP) is -0.458. The molecule has 0 aromatic rings. The zero-order valence-corrected chi connectivity index (χ0v) is 10.4. The summed E-state index contributed by atoms with van der Waals surface area (Å²) in [6.45, 7) is 3.16. The molecular formula is C11H19NO6. The van der Waals surface area contributed by atoms with Gasteiger partial charge in [-0.25, -0.2) is 4.79 Å². The molecule has 2 saturated heterocycles. The van der Waals surface area contributed by atoms with Crippen LogP contribution < -0.4 is 5.32 Å². The number of amides is 1. The van der Waals surface area contributed by atoms with Crippen molar-refractivity contribution in [2.75, 3.05) is 46.7 Å². The molecule has 7 nitrogen and oxygen atoms in total. The summed E-state index contributed by atoms with van der Waals surface area (Å²) in [5, 5.41) is 2.40. The lowest BCUT2D eigenvalue weighted by atomic mass is 10.4. The minimum atomic E-state index is -0.488. The molecule has 2 heterocycles. The number of nitrogens with one attached hydrogen (secondary N) is 1. The fraction of sp³-hybridized carbons (Fsp3) is 0.909. The highest BCUT2D eigenvalue weighted by atomic mass is 16.6. The van der Waals surface area contributed by atoms with Crippen molar-refractivity contribution in [1.29, 1.82) is 0 Å². The average Bonchev–Trinajstić information content (AvgIpc) is 3.22. The Morgan fingerprint density at radius 2 is 1.72 bits per heavy atom. The van der Waals surface area contributed by atoms with Crippen molar-refractivity contribution in [3.63, 3.8) is 0 Å². The number of rotatable bonds is 9. The van der Waals surface area contributed by atoms with Crippen molar-refractivity contribution >= 4 is 6.09 Å². The van der Waals surface area contributed by atoms with Gasteiger partial charge in [0.2, 0.25) is 0 Å². The molecule has 2 aliphatic rings. The molecule has 0 aromatic carbocycles. The maximum absolute atomic E-state index is 11.1. The Labute approximate surface area is 106 Å². The molecule has 18 heavy (non-hydrogen) atoms. The highest BCUT2D eigenvalue weighted by molar-refractivity contribution is 5.66. The monoisotopic (exact) mass is 261 g/mol. The molecule has 104 valence electrons. The van der Waals surface area contributed by atoms with E-state index in [0.717, 1.165) is 13.2 Å². The topological polar surface area (TPSA) is 81.9 Å². The summed E-state index contributed by atoms with van der Waals surface area (Å²) in [7, 11) is 1.51. The molecule has 2 rings (SSSR count). The van der Waals surface area contributed by atoms with E-state index in [1.54, 1.807) is 0 Å². The number of epoxide rings is 2. The standard InChI is InChI=1S/C11H19NO6/c1-12-11(13)18-10(4-14-2-8-6-16-8)5-15-3-9-7-17-9/h8-10H,2-7H2,1H3,(H,12,13). The lowest BCUT2D eigenvalue weighted by Gasteiger charge is -2.17. The molecule has 0 aromatic heterocycles. The van der Waals surface area contributed by atoms with Crippen LogP contribution in [-0.2, 0) is 23.7 Å². The third-order valence-electron chi connectivity index (χ3n) is 2.50. The maximum Gasteiger partial charge on any atom is 0.407 e. The summed E-state index contributed by atoms with van der Waals surface area (Å²) in [5.41, 5.74) is 0. The van der Waals surface area contributed by atoms with Crippen LogP contribution in [0.3, 0.4) is 0 Å². The summed E-state index contributed by atoms with van der Waals surface area (Å²) in [6, 6.07) is 0. The molecular weight excluding hydrogens is 242 g/mol. The van der Waals surface area contributed by atoms with E-state index in [9.17, 15) is 4.79 Å². The Bertz CT molecular complexity index is 248. The minimum absolute atomic E-state index is 0.200. The van der Waals surface area contributed by atoms with Gasteiger partial charge in [-0.3, -0.25) is 0 Å². The van der Waals surface area contributed by atoms with E-state index in [1.165, 1.54) is 7.05 Å². The van der Waals surface area contributed by atoms with E-state index in [0.29, 0.717) is 26.4 Å². The molecule has 0 spiro atoms. The fourth-order valence-corrected chi connectivity index (χ4v) is 1.32. The molecule has 0 saturated carbocycles. The lowest BCUT2D eigenvalue weighted by molar-refractivity contribution is -0.0319. The first kappa shape index (κ1) is 13.5. The molecule has 0 aliphatic carbocycles. The normalized spacial score (nSPS) is 26.5. The maximum atomic E-state index is 11.1. The Hall–Kier alpha value is -0.890. The molecule has 0 radical (unpaired) electrons. The van der Waals surface area contributed by atoms with E-state index in [4.69, 9.17) is 23.7 Å². The van der Waals surface area contributed by atoms with Gasteiger partial charge in [-0.05, 0) is 0 Å². The molecule has 0 bridgehead atoms. The predicted molar refractivity (Wildman–Crippen MR) is 60.4 cm³/mol. The summed E-state index contributed by atoms with van der Waals surface area (Å²) in [6.07, 6.45) is -0.502. The van der Waals surface area contributed by atoms with E-state index in [2.05, 4.69) is 5.32 Å². The average molecular weight is 261 g/mol. The van der Waals surface area contributed by atoms with Gasteiger partial charge >= 0.3 is 6.09 Å². The van der Waals surface area contributed by atoms with Crippen LogP contribution in [0.25, 0.3) is 0 Å². The van der Waals surface area contributed by atoms with Crippen LogP contribution in [0.4, 0.5) is 4.79 Å². The van der Waals surface area contributed by atoms with Gasteiger partial charge in [0.25, 0.3) is 0 Å². The van der Waals surface area contributed by atoms with Gasteiger partial charge in [0.15, 0.2) is 6.10 Å². The van der Waals surface area contributed by atoms with Crippen molar-refractivity contribution in [2.24, 2.45) is 0 Å². The van der Waals surface area contributed by atoms with E-state index in [-0.39, 0.29) is 12.2 Å². The van der Waals surface area contributed by atoms with E-state index in [1.807, 2.05) is 0 Å². The Balaban J connectivity index is 1.60. The van der Waals surface area contributed by atoms with Gasteiger partial charge in [-0.15, -0.1) is 0 Å². The second-order valence-corrected chi connectivity index (χ2v) is 4.26. The summed E-state index contributed by atoms with van der Waals surface area (Å²) in [4.78, 5) is 11.1. The summed E-state index contributed by atoms with van der Waals surface area (Å²) >= 11 is 0. The fourth-order valence-electron chi connectivity index (χ4n) is 1.32. The van der Waals surface area contributed by atoms with Crippen molar-refractivity contribution in [3.05, 3.63) is 0 Å². The Kier molecular flexibility index (Phi) is 5.18. The second-order valence-electron chi connectivity index (χ2n) is 4.26. The van der Waals surface area contributed by atoms with Crippen LogP contribution in [0.5, 0.6) is 0 Å². The third-order valence-corrected chi connectivity index (χ3v) is 2.50. The number of carbonyl (C=O) groups is 1. The minimum Gasteiger partial charge on any atom is -0.441 e. The van der Waals surface area contributed by atoms with Crippen LogP contribution >= 0.6 is 0 Å². The van der Waals surface area contributed by atoms with Crippen molar-refractivity contribution in [2.45, 2.75) is 18.3 Å². The molecule has 1 amide bonds. The highest BCUT2D eigenvalue weighted by Crippen LogP contribution is 2.10. The van der Waals surface area contributed by atoms with Gasteiger partial charge in [0.05, 0.1) is 39.6 Å². The first-order chi connectivity index (χ1) is 8.78. The van der Waals surface area contributed by atoms with Crippen LogP contribution in [0.2, 0.25) is 0 Å². The molecule has 2 aliphatic heterocycles. The zero-order valence-electron chi connectivity index (χ0n) is 10.4. The molecule has 7 heteroatoms. The van der Waals surface area contributed by atoms with Crippen molar-refractivity contribution < 1.29 is 28.5 Å². The quantitative estimate of drug-likeness (QED) is 0.566. The van der Waals surface area contributed by atoms with Crippen molar-refractivity contribution in [1.82, 2.24) is 5.32 Å². The number of carbonyl (C=O) groups excluding carboxylic acids is 1. The number of hydrogen-bond donors (Lipinski definition) is 1. The highest BCUT2D eigenvalue weighted by Gasteiger charge is 2.25. The SMILES string of the molecule is CNC(=O)OC(COCC1CO1)COCC1CO1. The van der Waals surface area contributed by atoms with Gasteiger partial charge in [0.1, 0.15) is 12.2 Å². The largest absolute Gasteiger partial charge is 0.441 e. The summed E-state index contributed by atoms with van der Waals surface area (Å²) in [5.74, 6) is 0. The van der Waals surface area contributed by atoms with Crippen molar-refractivity contribution in [3.8, 4) is 0 Å². The molecule has 2 unspecified atom stereocenters. The van der Waals surface area contributed by atoms with Gasteiger partial charge in [-0.1, -0.05) is 0 Å².